The van der Waals surface area contributed by atoms with Gasteiger partial charge in [-0.05, 0) is 31.2 Å². The molecule has 0 saturated heterocycles. The molecule has 2 N–H and O–H groups in total. The third-order valence-electron chi connectivity index (χ3n) is 2.26. The third kappa shape index (κ3) is 3.48. The lowest BCUT2D eigenvalue weighted by Crippen LogP contribution is -2.29. The molecule has 96 valence electrons. The first-order chi connectivity index (χ1) is 7.89. The molecule has 0 spiro atoms. The van der Waals surface area contributed by atoms with Gasteiger partial charge in [0, 0.05) is 18.1 Å². The quantitative estimate of drug-likeness (QED) is 0.894. The van der Waals surface area contributed by atoms with Gasteiger partial charge in [0.1, 0.15) is 10.7 Å². The molecule has 0 radical (unpaired) electrons. The van der Waals surface area contributed by atoms with Crippen LogP contribution in [0.3, 0.4) is 0 Å². The van der Waals surface area contributed by atoms with Crippen molar-refractivity contribution in [1.82, 2.24) is 4.31 Å². The highest BCUT2D eigenvalue weighted by Gasteiger charge is 2.23. The van der Waals surface area contributed by atoms with Crippen LogP contribution in [0.4, 0.5) is 4.39 Å². The molecular weight excluding hydrogens is 311 g/mol. The smallest absolute Gasteiger partial charge is 0.245 e. The molecule has 0 aliphatic heterocycles. The summed E-state index contributed by atoms with van der Waals surface area (Å²) >= 11 is 3.08. The van der Waals surface area contributed by atoms with Crippen LogP contribution in [0, 0.1) is 5.82 Å². The van der Waals surface area contributed by atoms with Gasteiger partial charge < -0.3 is 5.73 Å². The van der Waals surface area contributed by atoms with Gasteiger partial charge in [0.2, 0.25) is 10.0 Å². The maximum Gasteiger partial charge on any atom is 0.245 e. The van der Waals surface area contributed by atoms with Crippen LogP contribution in [0.15, 0.2) is 27.6 Å². The zero-order valence-electron chi connectivity index (χ0n) is 9.36. The van der Waals surface area contributed by atoms with Crippen LogP contribution in [0.2, 0.25) is 0 Å². The number of hydrogen-bond donors (Lipinski definition) is 1. The molecule has 1 rings (SSSR count). The Bertz CT molecular complexity index is 493. The van der Waals surface area contributed by atoms with E-state index < -0.39 is 15.8 Å². The minimum absolute atomic E-state index is 0.272. The molecule has 1 aromatic carbocycles. The number of nitrogens with zero attached hydrogens (tertiary/aromatic N) is 1. The van der Waals surface area contributed by atoms with Crippen LogP contribution >= 0.6 is 15.9 Å². The normalized spacial score (nSPS) is 12.1. The Morgan fingerprint density at radius 3 is 2.65 bits per heavy atom. The van der Waals surface area contributed by atoms with Gasteiger partial charge in [0.15, 0.2) is 0 Å². The molecule has 0 atom stereocenters. The van der Waals surface area contributed by atoms with Crippen molar-refractivity contribution in [1.29, 1.82) is 0 Å². The Kier molecular flexibility index (Phi) is 5.05. The molecule has 17 heavy (non-hydrogen) atoms. The van der Waals surface area contributed by atoms with Crippen molar-refractivity contribution in [2.24, 2.45) is 5.73 Å². The molecule has 4 nitrogen and oxygen atoms in total. The minimum atomic E-state index is -3.78. The topological polar surface area (TPSA) is 63.4 Å². The Morgan fingerprint density at radius 1 is 1.47 bits per heavy atom. The lowest BCUT2D eigenvalue weighted by molar-refractivity contribution is 0.457. The summed E-state index contributed by atoms with van der Waals surface area (Å²) in [6, 6.07) is 3.87. The van der Waals surface area contributed by atoms with E-state index in [4.69, 9.17) is 5.73 Å². The summed E-state index contributed by atoms with van der Waals surface area (Å²) in [6.07, 6.45) is 0.536. The van der Waals surface area contributed by atoms with Crippen molar-refractivity contribution in [3.63, 3.8) is 0 Å². The summed E-state index contributed by atoms with van der Waals surface area (Å²) in [5.41, 5.74) is 5.31. The van der Waals surface area contributed by atoms with Gasteiger partial charge in [-0.1, -0.05) is 15.9 Å². The number of nitrogens with two attached hydrogens (primary N) is 1. The van der Waals surface area contributed by atoms with E-state index in [1.165, 1.54) is 19.2 Å². The maximum atomic E-state index is 13.6. The molecule has 0 unspecified atom stereocenters. The van der Waals surface area contributed by atoms with Crippen LogP contribution in [0.25, 0.3) is 0 Å². The van der Waals surface area contributed by atoms with E-state index in [0.29, 0.717) is 17.4 Å². The van der Waals surface area contributed by atoms with Crippen molar-refractivity contribution < 1.29 is 12.8 Å². The fourth-order valence-electron chi connectivity index (χ4n) is 1.29. The summed E-state index contributed by atoms with van der Waals surface area (Å²) in [5.74, 6) is -0.765. The molecule has 0 aromatic heterocycles. The molecule has 0 amide bonds. The van der Waals surface area contributed by atoms with Gasteiger partial charge in [-0.3, -0.25) is 0 Å². The molecule has 0 fully saturated rings. The van der Waals surface area contributed by atoms with E-state index in [9.17, 15) is 12.8 Å². The summed E-state index contributed by atoms with van der Waals surface area (Å²) in [4.78, 5) is -0.319. The van der Waals surface area contributed by atoms with Gasteiger partial charge in [0.05, 0.1) is 0 Å². The Morgan fingerprint density at radius 2 is 2.12 bits per heavy atom. The monoisotopic (exact) mass is 324 g/mol. The van der Waals surface area contributed by atoms with Crippen LogP contribution in [-0.4, -0.2) is 32.9 Å². The van der Waals surface area contributed by atoms with Crippen LogP contribution < -0.4 is 5.73 Å². The highest BCUT2D eigenvalue weighted by atomic mass is 79.9. The second-order valence-electron chi connectivity index (χ2n) is 3.54. The van der Waals surface area contributed by atoms with Gasteiger partial charge in [-0.15, -0.1) is 0 Å². The molecule has 1 aromatic rings. The van der Waals surface area contributed by atoms with E-state index in [1.807, 2.05) is 0 Å². The van der Waals surface area contributed by atoms with Crippen LogP contribution in [0.5, 0.6) is 0 Å². The zero-order chi connectivity index (χ0) is 13.1. The molecule has 0 aliphatic rings. The summed E-state index contributed by atoms with van der Waals surface area (Å²) in [5, 5.41) is 0. The van der Waals surface area contributed by atoms with E-state index in [-0.39, 0.29) is 11.4 Å². The number of hydrogen-bond acceptors (Lipinski definition) is 3. The number of benzene rings is 1. The lowest BCUT2D eigenvalue weighted by Gasteiger charge is -2.17. The van der Waals surface area contributed by atoms with E-state index in [1.54, 1.807) is 0 Å². The third-order valence-corrected chi connectivity index (χ3v) is 4.64. The molecule has 0 heterocycles. The average Bonchev–Trinajstić information content (AvgIpc) is 2.25. The van der Waals surface area contributed by atoms with E-state index in [2.05, 4.69) is 15.9 Å². The highest BCUT2D eigenvalue weighted by molar-refractivity contribution is 9.10. The lowest BCUT2D eigenvalue weighted by atomic mass is 10.3. The summed E-state index contributed by atoms with van der Waals surface area (Å²) in [6.45, 7) is 0.664. The molecule has 7 heteroatoms. The van der Waals surface area contributed by atoms with Gasteiger partial charge in [0.25, 0.3) is 0 Å². The van der Waals surface area contributed by atoms with Crippen LogP contribution in [-0.2, 0) is 10.0 Å². The first-order valence-electron chi connectivity index (χ1n) is 5.01. The standard InChI is InChI=1S/C10H14BrFN2O2S/c1-14(6-2-5-13)17(15,16)10-4-3-8(11)7-9(10)12/h3-4,7H,2,5-6,13H2,1H3. The second kappa shape index (κ2) is 5.90. The van der Waals surface area contributed by atoms with E-state index >= 15 is 0 Å². The average molecular weight is 325 g/mol. The first-order valence-corrected chi connectivity index (χ1v) is 7.24. The first kappa shape index (κ1) is 14.6. The molecule has 0 bridgehead atoms. The Labute approximate surface area is 109 Å². The Balaban J connectivity index is 3.04. The van der Waals surface area contributed by atoms with Crippen molar-refractivity contribution in [2.75, 3.05) is 20.1 Å². The maximum absolute atomic E-state index is 13.6. The van der Waals surface area contributed by atoms with Gasteiger partial charge in [-0.25, -0.2) is 17.1 Å². The highest BCUT2D eigenvalue weighted by Crippen LogP contribution is 2.21. The molecule has 0 aliphatic carbocycles. The van der Waals surface area contributed by atoms with Crippen molar-refractivity contribution >= 4 is 26.0 Å². The van der Waals surface area contributed by atoms with E-state index in [0.717, 1.165) is 10.4 Å². The zero-order valence-corrected chi connectivity index (χ0v) is 11.8. The van der Waals surface area contributed by atoms with Crippen molar-refractivity contribution in [3.05, 3.63) is 28.5 Å². The number of sulfonamides is 1. The number of rotatable bonds is 5. The van der Waals surface area contributed by atoms with Gasteiger partial charge >= 0.3 is 0 Å². The molecular formula is C10H14BrFN2O2S. The SMILES string of the molecule is CN(CCCN)S(=O)(=O)c1ccc(Br)cc1F. The Hall–Kier alpha value is -0.500. The fourth-order valence-corrected chi connectivity index (χ4v) is 2.87. The van der Waals surface area contributed by atoms with Crippen molar-refractivity contribution in [2.45, 2.75) is 11.3 Å². The fraction of sp³-hybridized carbons (Fsp3) is 0.400. The summed E-state index contributed by atoms with van der Waals surface area (Å²) in [7, 11) is -2.37. The van der Waals surface area contributed by atoms with Gasteiger partial charge in [-0.2, -0.15) is 0 Å². The minimum Gasteiger partial charge on any atom is -0.330 e. The number of halogens is 2. The summed E-state index contributed by atoms with van der Waals surface area (Å²) < 4.78 is 39.2. The predicted octanol–water partition coefficient (Wildman–Crippen LogP) is 1.56. The molecule has 0 saturated carbocycles. The van der Waals surface area contributed by atoms with Crippen molar-refractivity contribution in [3.8, 4) is 0 Å². The van der Waals surface area contributed by atoms with Crippen LogP contribution in [0.1, 0.15) is 6.42 Å². The second-order valence-corrected chi connectivity index (χ2v) is 6.47. The largest absolute Gasteiger partial charge is 0.330 e. The predicted molar refractivity (Wildman–Crippen MR) is 67.6 cm³/mol.